The van der Waals surface area contributed by atoms with E-state index in [1.165, 1.54) is 58.0 Å². The van der Waals surface area contributed by atoms with Gasteiger partial charge in [-0.3, -0.25) is 23.5 Å². The first-order chi connectivity index (χ1) is 39.4. The van der Waals surface area contributed by atoms with Crippen molar-refractivity contribution < 1.29 is 68.9 Å². The number of carboxylic acids is 2. The van der Waals surface area contributed by atoms with Crippen molar-refractivity contribution in [3.8, 4) is 0 Å². The Morgan fingerprint density at radius 2 is 1.18 bits per heavy atom. The van der Waals surface area contributed by atoms with E-state index in [4.69, 9.17) is 26.0 Å². The Balaban J connectivity index is 0.000000198. The van der Waals surface area contributed by atoms with Gasteiger partial charge in [-0.05, 0) is 50.0 Å². The highest BCUT2D eigenvalue weighted by atomic mass is 32.2. The van der Waals surface area contributed by atoms with Crippen LogP contribution in [-0.4, -0.2) is 223 Å². The van der Waals surface area contributed by atoms with Crippen LogP contribution in [0, 0.1) is 0 Å². The number of nitrogens with zero attached hydrogens (tertiary/aromatic N) is 8. The van der Waals surface area contributed by atoms with E-state index in [9.17, 15) is 54.3 Å². The summed E-state index contributed by atoms with van der Waals surface area (Å²) in [4.78, 5) is 95.7. The minimum atomic E-state index is -1.26. The van der Waals surface area contributed by atoms with Gasteiger partial charge in [0.15, 0.2) is 40.9 Å². The van der Waals surface area contributed by atoms with Crippen LogP contribution in [0.4, 0.5) is 21.2 Å². The number of unbranched alkanes of at least 4 members (excludes halogenated alkanes) is 2. The van der Waals surface area contributed by atoms with Crippen molar-refractivity contribution in [3.05, 3.63) is 25.3 Å². The second-order valence-corrected chi connectivity index (χ2v) is 25.5. The van der Waals surface area contributed by atoms with E-state index in [-0.39, 0.29) is 78.9 Å². The molecule has 16 N–H and O–H groups in total. The molecule has 0 radical (unpaired) electrons. The van der Waals surface area contributed by atoms with Gasteiger partial charge >= 0.3 is 24.0 Å². The van der Waals surface area contributed by atoms with Crippen LogP contribution < -0.4 is 43.4 Å². The molecular weight excluding hydrogens is 1150 g/mol. The SMILES string of the molecule is NC(CCSC[C@H]1OC(n2cnc3c(NC(=O)CCCCC4SC[C@@H]5NC(=O)N[C@H]45)ncnc32)[C@H](O)[C@@H]1O)C(=O)O.Nc1ncnc2c1ncn2[C@@H]1O[C@H](CSCC[C@H](NC(=O)CCCC[C@H]2SC[C@H]3NC(=O)N[C@H]32)C(=O)O)[C@@H](O)[C@H]1O. The molecule has 16 atom stereocenters. The Morgan fingerprint density at radius 3 is 1.73 bits per heavy atom. The van der Waals surface area contributed by atoms with Gasteiger partial charge in [0.05, 0.1) is 49.0 Å². The standard InChI is InChI=1S/2C24H34N8O7S2/c25-20-17-21(27-9-26-20)32(10-28-17)22-19(35)18(34)13(39-22)8-40-6-5-11(23(36)37)29-15(33)4-2-1-3-14-16-12(7-41-14)30-24(38)31-16;25-11(23(36)37)5-6-40-8-13-18(34)19(35)22(39-13)32-10-28-17-20(26-9-27-21(17)32)30-15(33)4-2-1-3-14-16-12(7-41-14)29-24(38)31-16/h9-14,16,18-19,22,34-35H,1-8H2,(H,29,33)(H,36,37)(H2,25,26,27)(H2,30,31,38);9-14,16,18-19,22,34-35H,1-8,25H2,(H,36,37)(H2,29,31,38)(H,26,27,30,33)/t11-,12+,13+,14+,16+,18+,19+,22+;11?,12-,13+,14?,16-,18+,19+,22?/m00/s1. The summed E-state index contributed by atoms with van der Waals surface area (Å²) in [5.41, 5.74) is 12.7. The molecule has 10 rings (SSSR count). The number of anilines is 2. The van der Waals surface area contributed by atoms with Crippen LogP contribution in [0.1, 0.15) is 76.7 Å². The molecule has 0 aliphatic carbocycles. The van der Waals surface area contributed by atoms with Crippen molar-refractivity contribution in [2.75, 3.05) is 45.6 Å². The number of ether oxygens (including phenoxy) is 2. The highest BCUT2D eigenvalue weighted by Crippen LogP contribution is 2.37. The zero-order chi connectivity index (χ0) is 58.2. The monoisotopic (exact) mass is 1220 g/mol. The number of fused-ring (bicyclic) bond motifs is 4. The maximum absolute atomic E-state index is 12.7. The number of urea groups is 2. The molecule has 448 valence electrons. The molecule has 0 saturated carbocycles. The Bertz CT molecular complexity index is 2920. The van der Waals surface area contributed by atoms with Crippen LogP contribution in [0.3, 0.4) is 0 Å². The third kappa shape index (κ3) is 14.5. The van der Waals surface area contributed by atoms with Crippen LogP contribution in [0.25, 0.3) is 22.3 Å². The van der Waals surface area contributed by atoms with E-state index in [1.807, 2.05) is 23.5 Å². The van der Waals surface area contributed by atoms with E-state index < -0.39 is 73.1 Å². The summed E-state index contributed by atoms with van der Waals surface area (Å²) in [5.74, 6) is 0.985. The van der Waals surface area contributed by atoms with E-state index in [1.54, 1.807) is 0 Å². The smallest absolute Gasteiger partial charge is 0.326 e. The van der Waals surface area contributed by atoms with Crippen molar-refractivity contribution in [1.82, 2.24) is 65.6 Å². The van der Waals surface area contributed by atoms with Crippen LogP contribution in [0.5, 0.6) is 0 Å². The number of carboxylic acid groups (broad SMARTS) is 2. The van der Waals surface area contributed by atoms with Gasteiger partial charge in [0, 0.05) is 46.4 Å². The fraction of sp³-hybridized carbons (Fsp3) is 0.667. The summed E-state index contributed by atoms with van der Waals surface area (Å²) in [6, 6.07) is -1.61. The summed E-state index contributed by atoms with van der Waals surface area (Å²) in [6.45, 7) is 0. The number of nitrogens with one attached hydrogen (secondary N) is 6. The molecule has 0 aromatic carbocycles. The van der Waals surface area contributed by atoms with Crippen LogP contribution in [0.2, 0.25) is 0 Å². The molecule has 3 unspecified atom stereocenters. The lowest BCUT2D eigenvalue weighted by molar-refractivity contribution is -0.142. The maximum Gasteiger partial charge on any atom is 0.326 e. The fourth-order valence-electron chi connectivity index (χ4n) is 10.6. The van der Waals surface area contributed by atoms with E-state index in [0.717, 1.165) is 37.2 Å². The van der Waals surface area contributed by atoms with E-state index in [2.05, 4.69) is 61.8 Å². The number of hydrogen-bond donors (Lipinski definition) is 14. The Kier molecular flexibility index (Phi) is 20.7. The molecule has 0 spiro atoms. The molecule has 6 saturated heterocycles. The lowest BCUT2D eigenvalue weighted by Crippen LogP contribution is -2.41. The topological polar surface area (TPSA) is 454 Å². The van der Waals surface area contributed by atoms with Gasteiger partial charge in [0.25, 0.3) is 0 Å². The number of nitrogen functional groups attached to an aromatic ring is 1. The lowest BCUT2D eigenvalue weighted by Gasteiger charge is -2.17. The van der Waals surface area contributed by atoms with Gasteiger partial charge in [-0.2, -0.15) is 47.0 Å². The number of aliphatic carboxylic acids is 2. The second-order valence-electron chi connectivity index (χ2n) is 20.6. The minimum Gasteiger partial charge on any atom is -0.480 e. The number of thioether (sulfide) groups is 4. The summed E-state index contributed by atoms with van der Waals surface area (Å²) >= 11 is 6.40. The molecule has 34 heteroatoms. The quantitative estimate of drug-likeness (QED) is 0.0267. The van der Waals surface area contributed by atoms with E-state index >= 15 is 0 Å². The van der Waals surface area contributed by atoms with Crippen molar-refractivity contribution in [1.29, 1.82) is 0 Å². The van der Waals surface area contributed by atoms with Gasteiger partial charge in [-0.1, -0.05) is 12.8 Å². The van der Waals surface area contributed by atoms with Crippen molar-refractivity contribution in [2.24, 2.45) is 5.73 Å². The largest absolute Gasteiger partial charge is 0.480 e. The number of hydrogen-bond acceptors (Lipinski definition) is 24. The number of carbonyl (C=O) groups excluding carboxylic acids is 4. The number of amides is 6. The normalized spacial score (nSPS) is 29.7. The van der Waals surface area contributed by atoms with Crippen molar-refractivity contribution >= 4 is 117 Å². The highest BCUT2D eigenvalue weighted by molar-refractivity contribution is 8.00. The molecule has 30 nitrogen and oxygen atoms in total. The van der Waals surface area contributed by atoms with Crippen molar-refractivity contribution in [2.45, 2.75) is 160 Å². The summed E-state index contributed by atoms with van der Waals surface area (Å²) in [5, 5.41) is 78.7. The van der Waals surface area contributed by atoms with Crippen LogP contribution in [0.15, 0.2) is 25.3 Å². The molecule has 82 heavy (non-hydrogen) atoms. The molecule has 0 bridgehead atoms. The molecule has 4 aromatic rings. The first-order valence-electron chi connectivity index (χ1n) is 26.9. The zero-order valence-electron chi connectivity index (χ0n) is 44.2. The fourth-order valence-corrected chi connectivity index (χ4v) is 15.8. The van der Waals surface area contributed by atoms with Gasteiger partial charge in [-0.15, -0.1) is 0 Å². The number of imidazole rings is 2. The molecule has 6 aliphatic rings. The maximum atomic E-state index is 12.7. The average Bonchev–Trinajstić information content (AvgIpc) is 4.23. The Labute approximate surface area is 485 Å². The Morgan fingerprint density at radius 1 is 0.671 bits per heavy atom. The third-order valence-electron chi connectivity index (χ3n) is 15.0. The zero-order valence-corrected chi connectivity index (χ0v) is 47.4. The number of aliphatic hydroxyl groups excluding tert-OH is 4. The van der Waals surface area contributed by atoms with Crippen LogP contribution >= 0.6 is 47.0 Å². The molecular formula is C48H68N16O14S4. The minimum absolute atomic E-state index is 0.108. The lowest BCUT2D eigenvalue weighted by atomic mass is 10.0. The molecule has 6 fully saturated rings. The first-order valence-corrected chi connectivity index (χ1v) is 31.3. The van der Waals surface area contributed by atoms with Gasteiger partial charge in [0.1, 0.15) is 54.7 Å². The second kappa shape index (κ2) is 27.9. The number of aromatic nitrogens is 8. The number of aliphatic hydroxyl groups is 4. The highest BCUT2D eigenvalue weighted by Gasteiger charge is 2.47. The van der Waals surface area contributed by atoms with E-state index in [0.29, 0.717) is 75.1 Å². The molecule has 4 aromatic heterocycles. The number of rotatable bonds is 26. The van der Waals surface area contributed by atoms with Gasteiger partial charge in [0.2, 0.25) is 11.8 Å². The average molecular weight is 1220 g/mol. The number of nitrogens with two attached hydrogens (primary N) is 2. The molecule has 6 amide bonds. The Hall–Kier alpha value is -5.56. The summed E-state index contributed by atoms with van der Waals surface area (Å²) < 4.78 is 14.8. The predicted octanol–water partition coefficient (Wildman–Crippen LogP) is -0.909. The summed E-state index contributed by atoms with van der Waals surface area (Å²) in [7, 11) is 0. The molecule has 6 aliphatic heterocycles. The van der Waals surface area contributed by atoms with Gasteiger partial charge < -0.3 is 83.5 Å². The first kappa shape index (κ1) is 61.0. The van der Waals surface area contributed by atoms with Gasteiger partial charge in [-0.25, -0.2) is 44.3 Å². The van der Waals surface area contributed by atoms with Crippen LogP contribution in [-0.2, 0) is 28.7 Å². The predicted molar refractivity (Wildman–Crippen MR) is 303 cm³/mol. The number of carbonyl (C=O) groups is 6. The third-order valence-corrected chi connectivity index (χ3v) is 20.2. The van der Waals surface area contributed by atoms with Crippen molar-refractivity contribution in [3.63, 3.8) is 0 Å². The summed E-state index contributed by atoms with van der Waals surface area (Å²) in [6.07, 6.45) is 3.01. The molecule has 10 heterocycles.